The smallest absolute Gasteiger partial charge is 0.260 e. The maximum atomic E-state index is 12.0. The Kier molecular flexibility index (Phi) is 4.91. The Hall–Kier alpha value is -0.970. The van der Waals surface area contributed by atoms with Crippen LogP contribution >= 0.6 is 23.2 Å². The molecule has 0 bridgehead atoms. The van der Waals surface area contributed by atoms with Crippen molar-refractivity contribution in [2.24, 2.45) is 5.73 Å². The summed E-state index contributed by atoms with van der Waals surface area (Å²) in [7, 11) is 0. The summed E-state index contributed by atoms with van der Waals surface area (Å²) in [5.74, 6) is 0.288. The normalized spacial score (nSPS) is 16.5. The van der Waals surface area contributed by atoms with Crippen molar-refractivity contribution < 1.29 is 9.53 Å². The Bertz CT molecular complexity index is 440. The minimum absolute atomic E-state index is 0.0569. The number of nitrogens with two attached hydrogens (primary N) is 1. The average molecular weight is 303 g/mol. The van der Waals surface area contributed by atoms with Gasteiger partial charge in [0.15, 0.2) is 12.4 Å². The van der Waals surface area contributed by atoms with Gasteiger partial charge in [-0.15, -0.1) is 0 Å². The second-order valence-corrected chi connectivity index (χ2v) is 5.37. The van der Waals surface area contributed by atoms with Gasteiger partial charge in [-0.1, -0.05) is 29.3 Å². The number of amides is 1. The van der Waals surface area contributed by atoms with Gasteiger partial charge in [-0.2, -0.15) is 0 Å². The third-order valence-electron chi connectivity index (χ3n) is 3.15. The minimum atomic E-state index is -0.0668. The Morgan fingerprint density at radius 1 is 1.32 bits per heavy atom. The van der Waals surface area contributed by atoms with Gasteiger partial charge in [-0.3, -0.25) is 4.79 Å². The third kappa shape index (κ3) is 3.75. The van der Waals surface area contributed by atoms with Crippen LogP contribution in [-0.4, -0.2) is 36.5 Å². The summed E-state index contributed by atoms with van der Waals surface area (Å²) < 4.78 is 5.42. The molecule has 0 saturated carbocycles. The van der Waals surface area contributed by atoms with E-state index in [9.17, 15) is 4.79 Å². The quantitative estimate of drug-likeness (QED) is 0.932. The highest BCUT2D eigenvalue weighted by atomic mass is 35.5. The molecular formula is C13H16Cl2N2O2. The first-order chi connectivity index (χ1) is 9.08. The summed E-state index contributed by atoms with van der Waals surface area (Å²) in [6, 6.07) is 5.27. The van der Waals surface area contributed by atoms with E-state index in [0.717, 1.165) is 12.8 Å². The van der Waals surface area contributed by atoms with Crippen molar-refractivity contribution in [1.82, 2.24) is 4.90 Å². The molecule has 1 amide bonds. The fourth-order valence-corrected chi connectivity index (χ4v) is 2.50. The van der Waals surface area contributed by atoms with Crippen molar-refractivity contribution in [2.75, 3.05) is 19.7 Å². The van der Waals surface area contributed by atoms with Crippen molar-refractivity contribution >= 4 is 29.1 Å². The van der Waals surface area contributed by atoms with E-state index in [4.69, 9.17) is 33.7 Å². The van der Waals surface area contributed by atoms with Gasteiger partial charge in [-0.25, -0.2) is 0 Å². The van der Waals surface area contributed by atoms with Crippen LogP contribution in [0.4, 0.5) is 0 Å². The molecule has 2 N–H and O–H groups in total. The number of benzene rings is 1. The van der Waals surface area contributed by atoms with E-state index < -0.39 is 0 Å². The van der Waals surface area contributed by atoms with Crippen LogP contribution in [0.3, 0.4) is 0 Å². The molecule has 0 aliphatic carbocycles. The van der Waals surface area contributed by atoms with Crippen molar-refractivity contribution in [1.29, 1.82) is 0 Å². The molecule has 1 fully saturated rings. The van der Waals surface area contributed by atoms with Crippen LogP contribution in [0.25, 0.3) is 0 Å². The molecule has 6 heteroatoms. The van der Waals surface area contributed by atoms with Crippen molar-refractivity contribution in [2.45, 2.75) is 18.9 Å². The fraction of sp³-hybridized carbons (Fsp3) is 0.462. The molecule has 104 valence electrons. The lowest BCUT2D eigenvalue weighted by atomic mass is 10.1. The zero-order valence-corrected chi connectivity index (χ0v) is 12.0. The molecule has 19 heavy (non-hydrogen) atoms. The van der Waals surface area contributed by atoms with Gasteiger partial charge in [0.05, 0.1) is 10.0 Å². The van der Waals surface area contributed by atoms with E-state index in [1.54, 1.807) is 23.1 Å². The van der Waals surface area contributed by atoms with Gasteiger partial charge < -0.3 is 15.4 Å². The van der Waals surface area contributed by atoms with Crippen LogP contribution in [0.1, 0.15) is 12.8 Å². The number of hydrogen-bond donors (Lipinski definition) is 1. The number of nitrogens with zero attached hydrogens (tertiary/aromatic N) is 1. The van der Waals surface area contributed by atoms with Crippen LogP contribution in [0.2, 0.25) is 10.0 Å². The summed E-state index contributed by atoms with van der Waals surface area (Å²) in [4.78, 5) is 13.7. The van der Waals surface area contributed by atoms with Crippen molar-refractivity contribution in [3.8, 4) is 5.75 Å². The molecule has 1 aliphatic heterocycles. The first kappa shape index (κ1) is 14.4. The highest BCUT2D eigenvalue weighted by Crippen LogP contribution is 2.32. The summed E-state index contributed by atoms with van der Waals surface area (Å²) in [6.07, 6.45) is 1.66. The SMILES string of the molecule is NC1CCN(C(=O)COc2c(Cl)cccc2Cl)CC1. The zero-order chi connectivity index (χ0) is 13.8. The van der Waals surface area contributed by atoms with Gasteiger partial charge in [0.25, 0.3) is 5.91 Å². The monoisotopic (exact) mass is 302 g/mol. The number of carbonyl (C=O) groups is 1. The predicted octanol–water partition coefficient (Wildman–Crippen LogP) is 2.32. The predicted molar refractivity (Wildman–Crippen MR) is 75.7 cm³/mol. The molecule has 1 aromatic carbocycles. The molecule has 2 rings (SSSR count). The van der Waals surface area contributed by atoms with E-state index >= 15 is 0 Å². The number of likely N-dealkylation sites (tertiary alicyclic amines) is 1. The van der Waals surface area contributed by atoms with Gasteiger partial charge >= 0.3 is 0 Å². The molecule has 4 nitrogen and oxygen atoms in total. The molecule has 1 heterocycles. The van der Waals surface area contributed by atoms with Crippen molar-refractivity contribution in [3.05, 3.63) is 28.2 Å². The first-order valence-electron chi connectivity index (χ1n) is 6.18. The van der Waals surface area contributed by atoms with Crippen LogP contribution < -0.4 is 10.5 Å². The van der Waals surface area contributed by atoms with E-state index in [1.165, 1.54) is 0 Å². The molecule has 0 atom stereocenters. The molecule has 1 saturated heterocycles. The molecule has 1 aromatic rings. The minimum Gasteiger partial charge on any atom is -0.481 e. The summed E-state index contributed by atoms with van der Waals surface area (Å²) >= 11 is 11.9. The van der Waals surface area contributed by atoms with Crippen LogP contribution in [0.15, 0.2) is 18.2 Å². The molecule has 0 aromatic heterocycles. The number of hydrogen-bond acceptors (Lipinski definition) is 3. The maximum absolute atomic E-state index is 12.0. The van der Waals surface area contributed by atoms with Crippen LogP contribution in [0.5, 0.6) is 5.75 Å². The second-order valence-electron chi connectivity index (χ2n) is 4.56. The largest absolute Gasteiger partial charge is 0.481 e. The highest BCUT2D eigenvalue weighted by Gasteiger charge is 2.21. The van der Waals surface area contributed by atoms with E-state index in [-0.39, 0.29) is 18.6 Å². The van der Waals surface area contributed by atoms with Gasteiger partial charge in [0.2, 0.25) is 0 Å². The average Bonchev–Trinajstić information content (AvgIpc) is 2.38. The Morgan fingerprint density at radius 3 is 2.47 bits per heavy atom. The van der Waals surface area contributed by atoms with E-state index in [0.29, 0.717) is 28.9 Å². The molecule has 0 radical (unpaired) electrons. The summed E-state index contributed by atoms with van der Waals surface area (Å²) in [5, 5.41) is 0.807. The third-order valence-corrected chi connectivity index (χ3v) is 3.75. The Morgan fingerprint density at radius 2 is 1.89 bits per heavy atom. The topological polar surface area (TPSA) is 55.6 Å². The van der Waals surface area contributed by atoms with Crippen LogP contribution in [0, 0.1) is 0 Å². The van der Waals surface area contributed by atoms with Gasteiger partial charge in [0, 0.05) is 19.1 Å². The van der Waals surface area contributed by atoms with Crippen LogP contribution in [-0.2, 0) is 4.79 Å². The fourth-order valence-electron chi connectivity index (χ4n) is 1.99. The number of carbonyl (C=O) groups excluding carboxylic acids is 1. The number of piperidine rings is 1. The van der Waals surface area contributed by atoms with E-state index in [1.807, 2.05) is 0 Å². The zero-order valence-electron chi connectivity index (χ0n) is 10.4. The second kappa shape index (κ2) is 6.46. The number of rotatable bonds is 3. The lowest BCUT2D eigenvalue weighted by Crippen LogP contribution is -2.44. The standard InChI is InChI=1S/C13H16Cl2N2O2/c14-10-2-1-3-11(15)13(10)19-8-12(18)17-6-4-9(16)5-7-17/h1-3,9H,4-8,16H2. The molecule has 0 unspecified atom stereocenters. The highest BCUT2D eigenvalue weighted by molar-refractivity contribution is 6.37. The summed E-state index contributed by atoms with van der Waals surface area (Å²) in [6.45, 7) is 1.30. The molecule has 0 spiro atoms. The Balaban J connectivity index is 1.90. The number of ether oxygens (including phenoxy) is 1. The Labute approximate surface area is 122 Å². The van der Waals surface area contributed by atoms with Gasteiger partial charge in [-0.05, 0) is 25.0 Å². The summed E-state index contributed by atoms with van der Waals surface area (Å²) in [5.41, 5.74) is 5.80. The van der Waals surface area contributed by atoms with Gasteiger partial charge in [0.1, 0.15) is 0 Å². The lowest BCUT2D eigenvalue weighted by molar-refractivity contribution is -0.134. The maximum Gasteiger partial charge on any atom is 0.260 e. The molecular weight excluding hydrogens is 287 g/mol. The van der Waals surface area contributed by atoms with E-state index in [2.05, 4.69) is 0 Å². The number of para-hydroxylation sites is 1. The first-order valence-corrected chi connectivity index (χ1v) is 6.93. The number of halogens is 2. The van der Waals surface area contributed by atoms with Crippen molar-refractivity contribution in [3.63, 3.8) is 0 Å². The molecule has 1 aliphatic rings. The lowest BCUT2D eigenvalue weighted by Gasteiger charge is -2.30.